The van der Waals surface area contributed by atoms with Gasteiger partial charge < -0.3 is 15.5 Å². The van der Waals surface area contributed by atoms with E-state index in [2.05, 4.69) is 46.7 Å². The van der Waals surface area contributed by atoms with Gasteiger partial charge in [0, 0.05) is 30.5 Å². The third kappa shape index (κ3) is 4.91. The van der Waals surface area contributed by atoms with E-state index in [1.807, 2.05) is 0 Å². The summed E-state index contributed by atoms with van der Waals surface area (Å²) < 4.78 is 37.7. The van der Waals surface area contributed by atoms with Gasteiger partial charge in [-0.05, 0) is 67.9 Å². The van der Waals surface area contributed by atoms with Gasteiger partial charge in [0.25, 0.3) is 0 Å². The van der Waals surface area contributed by atoms with E-state index in [9.17, 15) is 13.2 Å². The molecule has 27 heavy (non-hydrogen) atoms. The molecule has 0 fully saturated rings. The molecule has 1 aliphatic rings. The van der Waals surface area contributed by atoms with E-state index in [0.717, 1.165) is 31.5 Å². The van der Waals surface area contributed by atoms with E-state index in [0.29, 0.717) is 23.4 Å². The van der Waals surface area contributed by atoms with Gasteiger partial charge in [0.1, 0.15) is 0 Å². The van der Waals surface area contributed by atoms with E-state index in [-0.39, 0.29) is 0 Å². The number of hydrogen-bond acceptors (Lipinski definition) is 2. The lowest BCUT2D eigenvalue weighted by Crippen LogP contribution is -2.34. The summed E-state index contributed by atoms with van der Waals surface area (Å²) in [5, 5.41) is 6.43. The molecule has 2 aromatic rings. The van der Waals surface area contributed by atoms with E-state index >= 15 is 0 Å². The number of benzene rings is 2. The molecule has 1 aliphatic heterocycles. The van der Waals surface area contributed by atoms with Gasteiger partial charge in [-0.2, -0.15) is 13.2 Å². The number of nitrogens with one attached hydrogen (secondary N) is 2. The lowest BCUT2D eigenvalue weighted by molar-refractivity contribution is -0.137. The average Bonchev–Trinajstić information content (AvgIpc) is 2.94. The third-order valence-electron chi connectivity index (χ3n) is 4.68. The summed E-state index contributed by atoms with van der Waals surface area (Å²) in [4.78, 5) is 2.41. The quantitative estimate of drug-likeness (QED) is 0.562. The second-order valence-corrected chi connectivity index (χ2v) is 7.09. The van der Waals surface area contributed by atoms with Gasteiger partial charge in [0.15, 0.2) is 5.11 Å². The number of fused-ring (bicyclic) bond motifs is 1. The minimum Gasteiger partial charge on any atom is -0.368 e. The lowest BCUT2D eigenvalue weighted by Gasteiger charge is -2.25. The molecule has 0 saturated carbocycles. The number of para-hydroxylation sites is 1. The van der Waals surface area contributed by atoms with Gasteiger partial charge in [-0.15, -0.1) is 0 Å². The van der Waals surface area contributed by atoms with Gasteiger partial charge in [-0.25, -0.2) is 0 Å². The highest BCUT2D eigenvalue weighted by molar-refractivity contribution is 7.80. The zero-order chi connectivity index (χ0) is 19.4. The predicted octanol–water partition coefficient (Wildman–Crippen LogP) is 4.83. The van der Waals surface area contributed by atoms with E-state index < -0.39 is 11.7 Å². The van der Waals surface area contributed by atoms with Gasteiger partial charge in [-0.3, -0.25) is 0 Å². The number of thiocarbonyl (C=S) groups is 1. The molecule has 0 radical (unpaired) electrons. The van der Waals surface area contributed by atoms with Crippen molar-refractivity contribution in [1.82, 2.24) is 5.32 Å². The number of hydrogen-bond donors (Lipinski definition) is 2. The number of nitrogens with zero attached hydrogens (tertiary/aromatic N) is 1. The van der Waals surface area contributed by atoms with Crippen molar-refractivity contribution in [2.45, 2.75) is 32.0 Å². The van der Waals surface area contributed by atoms with Crippen molar-refractivity contribution in [3.63, 3.8) is 0 Å². The van der Waals surface area contributed by atoms with Gasteiger partial charge in [0.05, 0.1) is 5.56 Å². The highest BCUT2D eigenvalue weighted by atomic mass is 32.1. The van der Waals surface area contributed by atoms with Crippen LogP contribution in [0.5, 0.6) is 0 Å². The Hall–Kier alpha value is -2.28. The summed E-state index contributed by atoms with van der Waals surface area (Å²) in [6, 6.07) is 13.8. The third-order valence-corrected chi connectivity index (χ3v) is 4.93. The van der Waals surface area contributed by atoms with Crippen LogP contribution in [-0.4, -0.2) is 24.2 Å². The van der Waals surface area contributed by atoms with Crippen molar-refractivity contribution in [1.29, 1.82) is 0 Å². The van der Waals surface area contributed by atoms with Crippen LogP contribution in [0.25, 0.3) is 0 Å². The fourth-order valence-electron chi connectivity index (χ4n) is 3.34. The number of halogens is 3. The Labute approximate surface area is 162 Å². The maximum atomic E-state index is 12.6. The second-order valence-electron chi connectivity index (χ2n) is 6.68. The molecule has 0 spiro atoms. The summed E-state index contributed by atoms with van der Waals surface area (Å²) in [6.07, 6.45) is -2.35. The zero-order valence-corrected chi connectivity index (χ0v) is 15.8. The first-order valence-corrected chi connectivity index (χ1v) is 9.32. The summed E-state index contributed by atoms with van der Waals surface area (Å²) in [6.45, 7) is 3.84. The molecule has 1 atom stereocenters. The molecule has 0 aromatic heterocycles. The maximum absolute atomic E-state index is 12.6. The summed E-state index contributed by atoms with van der Waals surface area (Å²) in [5.74, 6) is 0. The molecule has 1 heterocycles. The topological polar surface area (TPSA) is 27.3 Å². The molecule has 0 amide bonds. The lowest BCUT2D eigenvalue weighted by atomic mass is 10.1. The number of alkyl halides is 3. The molecular weight excluding hydrogens is 371 g/mol. The van der Waals surface area contributed by atoms with E-state index in [4.69, 9.17) is 12.2 Å². The molecule has 2 N–H and O–H groups in total. The highest BCUT2D eigenvalue weighted by Gasteiger charge is 2.30. The largest absolute Gasteiger partial charge is 0.416 e. The standard InChI is InChI=1S/C20H22F3N3S/c1-14-13-15-5-2-3-6-18(15)26(14)12-4-11-24-19(27)25-17-9-7-16(8-10-17)20(21,22)23/h2-3,5-10,14H,4,11-13H2,1H3,(H2,24,25,27)/t14-/m0/s1. The Balaban J connectivity index is 1.43. The van der Waals surface area contributed by atoms with Crippen LogP contribution in [0.3, 0.4) is 0 Å². The van der Waals surface area contributed by atoms with Crippen molar-refractivity contribution in [3.05, 3.63) is 59.7 Å². The minimum atomic E-state index is -4.33. The molecule has 0 bridgehead atoms. The molecule has 0 saturated heterocycles. The SMILES string of the molecule is C[C@H]1Cc2ccccc2N1CCCNC(=S)Nc1ccc(C(F)(F)F)cc1. The number of anilines is 2. The van der Waals surface area contributed by atoms with Crippen molar-refractivity contribution in [2.75, 3.05) is 23.3 Å². The zero-order valence-electron chi connectivity index (χ0n) is 15.0. The molecule has 0 unspecified atom stereocenters. The molecule has 2 aromatic carbocycles. The Morgan fingerprint density at radius 1 is 1.15 bits per heavy atom. The predicted molar refractivity (Wildman–Crippen MR) is 107 cm³/mol. The Bertz CT molecular complexity index is 790. The van der Waals surface area contributed by atoms with Crippen LogP contribution >= 0.6 is 12.2 Å². The van der Waals surface area contributed by atoms with E-state index in [1.165, 1.54) is 23.4 Å². The number of rotatable bonds is 5. The Morgan fingerprint density at radius 2 is 1.85 bits per heavy atom. The first kappa shape index (κ1) is 19.5. The molecule has 3 nitrogen and oxygen atoms in total. The van der Waals surface area contributed by atoms with Crippen molar-refractivity contribution >= 4 is 28.7 Å². The summed E-state index contributed by atoms with van der Waals surface area (Å²) >= 11 is 5.22. The molecule has 7 heteroatoms. The summed E-state index contributed by atoms with van der Waals surface area (Å²) in [5.41, 5.74) is 2.54. The monoisotopic (exact) mass is 393 g/mol. The van der Waals surface area contributed by atoms with Crippen molar-refractivity contribution < 1.29 is 13.2 Å². The maximum Gasteiger partial charge on any atom is 0.416 e. The Morgan fingerprint density at radius 3 is 2.56 bits per heavy atom. The smallest absolute Gasteiger partial charge is 0.368 e. The average molecular weight is 393 g/mol. The molecule has 0 aliphatic carbocycles. The first-order chi connectivity index (χ1) is 12.8. The van der Waals surface area contributed by atoms with Gasteiger partial charge in [0.2, 0.25) is 0 Å². The molecule has 3 rings (SSSR count). The fourth-order valence-corrected chi connectivity index (χ4v) is 3.56. The van der Waals surface area contributed by atoms with Gasteiger partial charge >= 0.3 is 6.18 Å². The van der Waals surface area contributed by atoms with Crippen LogP contribution in [0.4, 0.5) is 24.5 Å². The van der Waals surface area contributed by atoms with Crippen LogP contribution in [-0.2, 0) is 12.6 Å². The van der Waals surface area contributed by atoms with Crippen LogP contribution in [0.1, 0.15) is 24.5 Å². The van der Waals surface area contributed by atoms with Gasteiger partial charge in [-0.1, -0.05) is 18.2 Å². The first-order valence-electron chi connectivity index (χ1n) is 8.91. The molecule has 144 valence electrons. The van der Waals surface area contributed by atoms with Crippen LogP contribution in [0, 0.1) is 0 Å². The fraction of sp³-hybridized carbons (Fsp3) is 0.350. The Kier molecular flexibility index (Phi) is 5.89. The van der Waals surface area contributed by atoms with Crippen molar-refractivity contribution in [2.24, 2.45) is 0 Å². The molecular formula is C20H22F3N3S. The van der Waals surface area contributed by atoms with Crippen LogP contribution in [0.2, 0.25) is 0 Å². The van der Waals surface area contributed by atoms with E-state index in [1.54, 1.807) is 0 Å². The van der Waals surface area contributed by atoms with Crippen LogP contribution in [0.15, 0.2) is 48.5 Å². The summed E-state index contributed by atoms with van der Waals surface area (Å²) in [7, 11) is 0. The second kappa shape index (κ2) is 8.17. The van der Waals surface area contributed by atoms with Crippen molar-refractivity contribution in [3.8, 4) is 0 Å². The van der Waals surface area contributed by atoms with Crippen LogP contribution < -0.4 is 15.5 Å². The highest BCUT2D eigenvalue weighted by Crippen LogP contribution is 2.31. The normalized spacial score (nSPS) is 16.1. The minimum absolute atomic E-state index is 0.407.